The molecule has 0 bridgehead atoms. The van der Waals surface area contributed by atoms with Crippen LogP contribution in [0.4, 0.5) is 0 Å². The van der Waals surface area contributed by atoms with Crippen molar-refractivity contribution in [1.82, 2.24) is 20.1 Å². The molecule has 0 amide bonds. The monoisotopic (exact) mass is 258 g/mol. The van der Waals surface area contributed by atoms with Crippen molar-refractivity contribution >= 4 is 0 Å². The van der Waals surface area contributed by atoms with E-state index in [4.69, 9.17) is 0 Å². The summed E-state index contributed by atoms with van der Waals surface area (Å²) in [5, 5.41) is 7.84. The number of rotatable bonds is 5. The van der Waals surface area contributed by atoms with E-state index in [1.807, 2.05) is 17.8 Å². The first-order valence-corrected chi connectivity index (χ1v) is 6.77. The van der Waals surface area contributed by atoms with Crippen LogP contribution in [0.25, 0.3) is 0 Å². The summed E-state index contributed by atoms with van der Waals surface area (Å²) >= 11 is 0. The lowest BCUT2D eigenvalue weighted by atomic mass is 10.2. The minimum absolute atomic E-state index is 0.738. The third kappa shape index (κ3) is 3.20. The highest BCUT2D eigenvalue weighted by Gasteiger charge is 2.07. The van der Waals surface area contributed by atoms with E-state index in [0.29, 0.717) is 0 Å². The molecular formula is C15H22N4. The van der Waals surface area contributed by atoms with Crippen LogP contribution < -0.4 is 5.32 Å². The van der Waals surface area contributed by atoms with Crippen molar-refractivity contribution in [2.75, 3.05) is 6.54 Å². The predicted octanol–water partition coefficient (Wildman–Crippen LogP) is 2.36. The molecule has 0 saturated heterocycles. The Bertz CT molecular complexity index is 540. The summed E-state index contributed by atoms with van der Waals surface area (Å²) in [5.41, 5.74) is 5.85. The number of pyridine rings is 1. The summed E-state index contributed by atoms with van der Waals surface area (Å²) in [6.45, 7) is 11.0. The van der Waals surface area contributed by atoms with Gasteiger partial charge in [-0.25, -0.2) is 0 Å². The van der Waals surface area contributed by atoms with Crippen LogP contribution in [-0.4, -0.2) is 21.3 Å². The van der Waals surface area contributed by atoms with E-state index in [0.717, 1.165) is 31.0 Å². The van der Waals surface area contributed by atoms with Crippen molar-refractivity contribution in [3.63, 3.8) is 0 Å². The Morgan fingerprint density at radius 1 is 1.21 bits per heavy atom. The van der Waals surface area contributed by atoms with E-state index in [1.165, 1.54) is 16.8 Å². The highest BCUT2D eigenvalue weighted by atomic mass is 15.3. The number of hydrogen-bond donors (Lipinski definition) is 1. The molecule has 0 saturated carbocycles. The molecule has 2 heterocycles. The molecule has 0 fully saturated rings. The van der Waals surface area contributed by atoms with E-state index < -0.39 is 0 Å². The first kappa shape index (κ1) is 13.7. The fourth-order valence-electron chi connectivity index (χ4n) is 2.02. The van der Waals surface area contributed by atoms with Crippen LogP contribution in [0.15, 0.2) is 18.3 Å². The van der Waals surface area contributed by atoms with Crippen molar-refractivity contribution < 1.29 is 0 Å². The molecule has 19 heavy (non-hydrogen) atoms. The molecule has 0 aromatic carbocycles. The summed E-state index contributed by atoms with van der Waals surface area (Å²) in [7, 11) is 0. The van der Waals surface area contributed by atoms with Gasteiger partial charge in [-0.15, -0.1) is 0 Å². The maximum absolute atomic E-state index is 4.54. The second kappa shape index (κ2) is 5.97. The highest BCUT2D eigenvalue weighted by molar-refractivity contribution is 5.23. The Kier molecular flexibility index (Phi) is 4.32. The molecule has 0 aliphatic carbocycles. The molecule has 102 valence electrons. The van der Waals surface area contributed by atoms with Crippen LogP contribution in [0.1, 0.15) is 35.1 Å². The SMILES string of the molecule is CCNCc1ccc(Cn2nc(C)c(C)c2C)nc1. The number of aryl methyl sites for hydroxylation is 1. The maximum atomic E-state index is 4.54. The normalized spacial score (nSPS) is 10.9. The van der Waals surface area contributed by atoms with Gasteiger partial charge in [0, 0.05) is 18.4 Å². The van der Waals surface area contributed by atoms with E-state index >= 15 is 0 Å². The quantitative estimate of drug-likeness (QED) is 0.895. The Labute approximate surface area is 114 Å². The van der Waals surface area contributed by atoms with Crippen molar-refractivity contribution in [3.8, 4) is 0 Å². The van der Waals surface area contributed by atoms with Gasteiger partial charge in [0.1, 0.15) is 0 Å². The van der Waals surface area contributed by atoms with Gasteiger partial charge in [0.05, 0.1) is 17.9 Å². The third-order valence-corrected chi connectivity index (χ3v) is 3.52. The summed E-state index contributed by atoms with van der Waals surface area (Å²) in [5.74, 6) is 0. The summed E-state index contributed by atoms with van der Waals surface area (Å²) in [6, 6.07) is 4.21. The number of aromatic nitrogens is 3. The van der Waals surface area contributed by atoms with Gasteiger partial charge in [0.2, 0.25) is 0 Å². The molecule has 2 aromatic rings. The lowest BCUT2D eigenvalue weighted by Crippen LogP contribution is -2.12. The first-order chi connectivity index (χ1) is 9.11. The Morgan fingerprint density at radius 3 is 2.53 bits per heavy atom. The van der Waals surface area contributed by atoms with Crippen molar-refractivity contribution in [2.24, 2.45) is 0 Å². The lowest BCUT2D eigenvalue weighted by molar-refractivity contribution is 0.644. The van der Waals surface area contributed by atoms with Gasteiger partial charge < -0.3 is 5.32 Å². The van der Waals surface area contributed by atoms with Crippen molar-refractivity contribution in [2.45, 2.75) is 40.8 Å². The van der Waals surface area contributed by atoms with Gasteiger partial charge in [0.15, 0.2) is 0 Å². The molecular weight excluding hydrogens is 236 g/mol. The molecule has 0 aliphatic heterocycles. The summed E-state index contributed by atoms with van der Waals surface area (Å²) in [6.07, 6.45) is 1.94. The topological polar surface area (TPSA) is 42.7 Å². The van der Waals surface area contributed by atoms with Crippen LogP contribution in [0, 0.1) is 20.8 Å². The molecule has 0 atom stereocenters. The molecule has 0 unspecified atom stereocenters. The highest BCUT2D eigenvalue weighted by Crippen LogP contribution is 2.12. The number of nitrogens with one attached hydrogen (secondary N) is 1. The number of hydrogen-bond acceptors (Lipinski definition) is 3. The molecule has 1 N–H and O–H groups in total. The average Bonchev–Trinajstić information content (AvgIpc) is 2.66. The second-order valence-corrected chi connectivity index (χ2v) is 4.89. The molecule has 2 rings (SSSR count). The molecule has 0 spiro atoms. The number of nitrogens with zero attached hydrogens (tertiary/aromatic N) is 3. The third-order valence-electron chi connectivity index (χ3n) is 3.52. The molecule has 2 aromatic heterocycles. The fourth-order valence-corrected chi connectivity index (χ4v) is 2.02. The second-order valence-electron chi connectivity index (χ2n) is 4.89. The van der Waals surface area contributed by atoms with E-state index in [9.17, 15) is 0 Å². The fraction of sp³-hybridized carbons (Fsp3) is 0.467. The van der Waals surface area contributed by atoms with Crippen LogP contribution in [0.2, 0.25) is 0 Å². The lowest BCUT2D eigenvalue weighted by Gasteiger charge is -2.06. The standard InChI is InChI=1S/C15H22N4/c1-5-16-8-14-6-7-15(17-9-14)10-19-13(4)11(2)12(3)18-19/h6-7,9,16H,5,8,10H2,1-4H3. The van der Waals surface area contributed by atoms with Gasteiger partial charge in [-0.2, -0.15) is 5.10 Å². The first-order valence-electron chi connectivity index (χ1n) is 6.77. The van der Waals surface area contributed by atoms with Gasteiger partial charge in [-0.3, -0.25) is 9.67 Å². The van der Waals surface area contributed by atoms with E-state index in [-0.39, 0.29) is 0 Å². The van der Waals surface area contributed by atoms with Gasteiger partial charge in [-0.05, 0) is 44.5 Å². The smallest absolute Gasteiger partial charge is 0.0834 e. The van der Waals surface area contributed by atoms with Crippen LogP contribution in [-0.2, 0) is 13.1 Å². The van der Waals surface area contributed by atoms with Crippen LogP contribution >= 0.6 is 0 Å². The molecule has 4 nitrogen and oxygen atoms in total. The Hall–Kier alpha value is -1.68. The minimum atomic E-state index is 0.738. The van der Waals surface area contributed by atoms with Gasteiger partial charge in [-0.1, -0.05) is 13.0 Å². The van der Waals surface area contributed by atoms with Gasteiger partial charge >= 0.3 is 0 Å². The summed E-state index contributed by atoms with van der Waals surface area (Å²) in [4.78, 5) is 4.51. The Morgan fingerprint density at radius 2 is 2.00 bits per heavy atom. The van der Waals surface area contributed by atoms with Crippen molar-refractivity contribution in [3.05, 3.63) is 46.5 Å². The maximum Gasteiger partial charge on any atom is 0.0834 e. The molecule has 0 aliphatic rings. The largest absolute Gasteiger partial charge is 0.313 e. The predicted molar refractivity (Wildman–Crippen MR) is 77.2 cm³/mol. The van der Waals surface area contributed by atoms with Crippen molar-refractivity contribution in [1.29, 1.82) is 0 Å². The summed E-state index contributed by atoms with van der Waals surface area (Å²) < 4.78 is 2.02. The van der Waals surface area contributed by atoms with Crippen LogP contribution in [0.5, 0.6) is 0 Å². The average molecular weight is 258 g/mol. The Balaban J connectivity index is 2.08. The van der Waals surface area contributed by atoms with Gasteiger partial charge in [0.25, 0.3) is 0 Å². The zero-order chi connectivity index (χ0) is 13.8. The molecule has 0 radical (unpaired) electrons. The van der Waals surface area contributed by atoms with E-state index in [2.05, 4.69) is 48.3 Å². The van der Waals surface area contributed by atoms with E-state index in [1.54, 1.807) is 0 Å². The molecule has 4 heteroatoms. The minimum Gasteiger partial charge on any atom is -0.313 e. The van der Waals surface area contributed by atoms with Crippen LogP contribution in [0.3, 0.4) is 0 Å². The zero-order valence-corrected chi connectivity index (χ0v) is 12.2. The zero-order valence-electron chi connectivity index (χ0n) is 12.2.